The van der Waals surface area contributed by atoms with E-state index in [1.165, 1.54) is 13.0 Å². The van der Waals surface area contributed by atoms with Crippen molar-refractivity contribution in [3.63, 3.8) is 0 Å². The van der Waals surface area contributed by atoms with Gasteiger partial charge in [0.1, 0.15) is 5.75 Å². The molecule has 3 aromatic carbocycles. The van der Waals surface area contributed by atoms with Crippen molar-refractivity contribution in [2.75, 3.05) is 17.2 Å². The predicted molar refractivity (Wildman–Crippen MR) is 132 cm³/mol. The maximum atomic E-state index is 12.6. The van der Waals surface area contributed by atoms with Crippen molar-refractivity contribution >= 4 is 41.0 Å². The fourth-order valence-electron chi connectivity index (χ4n) is 3.81. The van der Waals surface area contributed by atoms with Crippen molar-refractivity contribution in [3.8, 4) is 5.75 Å². The number of nitrogens with zero attached hydrogens (tertiary/aromatic N) is 1. The van der Waals surface area contributed by atoms with Gasteiger partial charge in [-0.05, 0) is 55.0 Å². The molecule has 3 aromatic rings. The van der Waals surface area contributed by atoms with E-state index in [2.05, 4.69) is 10.6 Å². The highest BCUT2D eigenvalue weighted by Gasteiger charge is 2.34. The summed E-state index contributed by atoms with van der Waals surface area (Å²) in [6, 6.07) is 19.5. The van der Waals surface area contributed by atoms with Crippen molar-refractivity contribution < 1.29 is 28.7 Å². The van der Waals surface area contributed by atoms with Crippen LogP contribution in [0, 0.1) is 0 Å². The molecule has 0 saturated heterocycles. The molecule has 1 aliphatic rings. The average molecular weight is 485 g/mol. The first-order chi connectivity index (χ1) is 17.3. The second kappa shape index (κ2) is 10.6. The Morgan fingerprint density at radius 2 is 1.44 bits per heavy atom. The Balaban J connectivity index is 1.29. The van der Waals surface area contributed by atoms with E-state index in [9.17, 15) is 24.0 Å². The van der Waals surface area contributed by atoms with Gasteiger partial charge in [-0.2, -0.15) is 0 Å². The molecule has 0 aliphatic carbocycles. The third-order valence-corrected chi connectivity index (χ3v) is 5.43. The lowest BCUT2D eigenvalue weighted by Crippen LogP contribution is -2.31. The van der Waals surface area contributed by atoms with E-state index < -0.39 is 11.9 Å². The first-order valence-corrected chi connectivity index (χ1v) is 11.3. The SMILES string of the molecule is CC(=O)Oc1cccc(C(=O)Nc2cccc(NC(=O)CCCN3C(=O)c4ccccc4C3=O)c2)c1. The van der Waals surface area contributed by atoms with Gasteiger partial charge in [-0.15, -0.1) is 0 Å². The Labute approximate surface area is 207 Å². The van der Waals surface area contributed by atoms with Crippen molar-refractivity contribution in [3.05, 3.63) is 89.5 Å². The standard InChI is InChI=1S/C27H23N3O6/c1-17(31)36-21-10-4-7-18(15-21)25(33)29-20-9-5-8-19(16-20)28-24(32)13-6-14-30-26(34)22-11-2-3-12-23(22)27(30)35/h2-5,7-12,15-16H,6,13-14H2,1H3,(H,28,32)(H,29,33). The van der Waals surface area contributed by atoms with E-state index in [0.29, 0.717) is 34.5 Å². The molecule has 36 heavy (non-hydrogen) atoms. The lowest BCUT2D eigenvalue weighted by molar-refractivity contribution is -0.131. The molecule has 0 radical (unpaired) electrons. The summed E-state index contributed by atoms with van der Waals surface area (Å²) >= 11 is 0. The molecule has 0 fully saturated rings. The molecule has 0 atom stereocenters. The molecule has 9 heteroatoms. The van der Waals surface area contributed by atoms with E-state index in [0.717, 1.165) is 4.90 Å². The van der Waals surface area contributed by atoms with Crippen LogP contribution < -0.4 is 15.4 Å². The first-order valence-electron chi connectivity index (χ1n) is 11.3. The average Bonchev–Trinajstić information content (AvgIpc) is 3.09. The lowest BCUT2D eigenvalue weighted by atomic mass is 10.1. The molecule has 9 nitrogen and oxygen atoms in total. The number of amides is 4. The summed E-state index contributed by atoms with van der Waals surface area (Å²) < 4.78 is 5.00. The summed E-state index contributed by atoms with van der Waals surface area (Å²) in [6.07, 6.45) is 0.416. The molecule has 1 aliphatic heterocycles. The molecular formula is C27H23N3O6. The van der Waals surface area contributed by atoms with Gasteiger partial charge in [0.2, 0.25) is 5.91 Å². The van der Waals surface area contributed by atoms with Gasteiger partial charge in [-0.3, -0.25) is 28.9 Å². The lowest BCUT2D eigenvalue weighted by Gasteiger charge is -2.13. The number of hydrogen-bond donors (Lipinski definition) is 2. The highest BCUT2D eigenvalue weighted by Crippen LogP contribution is 2.23. The van der Waals surface area contributed by atoms with Crippen molar-refractivity contribution in [1.82, 2.24) is 4.90 Å². The maximum absolute atomic E-state index is 12.6. The second-order valence-electron chi connectivity index (χ2n) is 8.12. The van der Waals surface area contributed by atoms with Gasteiger partial charge in [0, 0.05) is 36.8 Å². The zero-order valence-electron chi connectivity index (χ0n) is 19.4. The monoisotopic (exact) mass is 485 g/mol. The zero-order valence-corrected chi connectivity index (χ0v) is 19.4. The van der Waals surface area contributed by atoms with E-state index in [1.807, 2.05) is 0 Å². The summed E-state index contributed by atoms with van der Waals surface area (Å²) in [5.41, 5.74) is 2.00. The Morgan fingerprint density at radius 1 is 0.806 bits per heavy atom. The van der Waals surface area contributed by atoms with Crippen LogP contribution in [-0.4, -0.2) is 41.0 Å². The summed E-state index contributed by atoms with van der Waals surface area (Å²) in [5, 5.41) is 5.49. The molecule has 0 unspecified atom stereocenters. The molecule has 182 valence electrons. The number of fused-ring (bicyclic) bond motifs is 1. The normalized spacial score (nSPS) is 12.2. The second-order valence-corrected chi connectivity index (χ2v) is 8.12. The quantitative estimate of drug-likeness (QED) is 0.284. The molecule has 2 N–H and O–H groups in total. The van der Waals surface area contributed by atoms with Gasteiger partial charge in [0.25, 0.3) is 17.7 Å². The van der Waals surface area contributed by atoms with Gasteiger partial charge in [-0.25, -0.2) is 0 Å². The number of carbonyl (C=O) groups is 5. The summed E-state index contributed by atoms with van der Waals surface area (Å²) in [6.45, 7) is 1.42. The minimum absolute atomic E-state index is 0.104. The molecule has 0 bridgehead atoms. The van der Waals surface area contributed by atoms with Crippen molar-refractivity contribution in [2.45, 2.75) is 19.8 Å². The number of rotatable bonds is 8. The fraction of sp³-hybridized carbons (Fsp3) is 0.148. The van der Waals surface area contributed by atoms with E-state index in [1.54, 1.807) is 66.7 Å². The Hall–Kier alpha value is -4.79. The van der Waals surface area contributed by atoms with Gasteiger partial charge in [0.05, 0.1) is 11.1 Å². The largest absolute Gasteiger partial charge is 0.427 e. The van der Waals surface area contributed by atoms with E-state index in [4.69, 9.17) is 4.74 Å². The molecule has 0 aromatic heterocycles. The van der Waals surface area contributed by atoms with Crippen LogP contribution in [0.25, 0.3) is 0 Å². The highest BCUT2D eigenvalue weighted by atomic mass is 16.5. The summed E-state index contributed by atoms with van der Waals surface area (Å²) in [5.74, 6) is -1.62. The fourth-order valence-corrected chi connectivity index (χ4v) is 3.81. The number of anilines is 2. The van der Waals surface area contributed by atoms with Gasteiger partial charge in [-0.1, -0.05) is 24.3 Å². The predicted octanol–water partition coefficient (Wildman–Crippen LogP) is 3.88. The molecule has 4 rings (SSSR count). The third-order valence-electron chi connectivity index (χ3n) is 5.43. The van der Waals surface area contributed by atoms with Crippen LogP contribution in [0.15, 0.2) is 72.8 Å². The number of imide groups is 1. The molecule has 1 heterocycles. The third kappa shape index (κ3) is 5.64. The van der Waals surface area contributed by atoms with Crippen LogP contribution in [0.2, 0.25) is 0 Å². The van der Waals surface area contributed by atoms with Crippen LogP contribution in [0.4, 0.5) is 11.4 Å². The number of nitrogens with one attached hydrogen (secondary N) is 2. The molecule has 0 spiro atoms. The topological polar surface area (TPSA) is 122 Å². The van der Waals surface area contributed by atoms with Gasteiger partial charge in [0.15, 0.2) is 0 Å². The number of esters is 1. The van der Waals surface area contributed by atoms with Crippen LogP contribution in [-0.2, 0) is 9.59 Å². The maximum Gasteiger partial charge on any atom is 0.308 e. The van der Waals surface area contributed by atoms with Gasteiger partial charge < -0.3 is 15.4 Å². The van der Waals surface area contributed by atoms with Crippen LogP contribution in [0.1, 0.15) is 50.8 Å². The Morgan fingerprint density at radius 3 is 2.11 bits per heavy atom. The van der Waals surface area contributed by atoms with E-state index in [-0.39, 0.29) is 36.4 Å². The van der Waals surface area contributed by atoms with E-state index >= 15 is 0 Å². The highest BCUT2D eigenvalue weighted by molar-refractivity contribution is 6.21. The Kier molecular flexibility index (Phi) is 7.20. The minimum atomic E-state index is -0.486. The minimum Gasteiger partial charge on any atom is -0.427 e. The van der Waals surface area contributed by atoms with Crippen LogP contribution in [0.5, 0.6) is 5.75 Å². The zero-order chi connectivity index (χ0) is 25.7. The first kappa shape index (κ1) is 24.3. The summed E-state index contributed by atoms with van der Waals surface area (Å²) in [4.78, 5) is 62.1. The number of benzene rings is 3. The van der Waals surface area contributed by atoms with Gasteiger partial charge >= 0.3 is 5.97 Å². The Bertz CT molecular complexity index is 1330. The van der Waals surface area contributed by atoms with Crippen molar-refractivity contribution in [1.29, 1.82) is 0 Å². The molecular weight excluding hydrogens is 462 g/mol. The number of carbonyl (C=O) groups excluding carboxylic acids is 5. The smallest absolute Gasteiger partial charge is 0.308 e. The van der Waals surface area contributed by atoms with Crippen LogP contribution >= 0.6 is 0 Å². The van der Waals surface area contributed by atoms with Crippen molar-refractivity contribution in [2.24, 2.45) is 0 Å². The molecule has 4 amide bonds. The number of ether oxygens (including phenoxy) is 1. The molecule has 0 saturated carbocycles. The van der Waals surface area contributed by atoms with Crippen LogP contribution in [0.3, 0.4) is 0 Å². The summed E-state index contributed by atoms with van der Waals surface area (Å²) in [7, 11) is 0. The number of hydrogen-bond acceptors (Lipinski definition) is 6.